The maximum atomic E-state index is 12.8. The number of carbonyl (C=O) groups is 2. The average molecular weight is 1070 g/mol. The van der Waals surface area contributed by atoms with Crippen LogP contribution >= 0.6 is 7.82 Å². The van der Waals surface area contributed by atoms with Crippen LogP contribution in [0.2, 0.25) is 0 Å². The maximum Gasteiger partial charge on any atom is 0.472 e. The Morgan fingerprint density at radius 2 is 0.760 bits per heavy atom. The molecular weight excluding hydrogens is 954 g/mol. The van der Waals surface area contributed by atoms with Gasteiger partial charge in [0.2, 0.25) is 0 Å². The van der Waals surface area contributed by atoms with E-state index in [1.807, 2.05) is 21.1 Å². The van der Waals surface area contributed by atoms with Crippen molar-refractivity contribution in [1.29, 1.82) is 0 Å². The van der Waals surface area contributed by atoms with Gasteiger partial charge in [0.25, 0.3) is 0 Å². The molecule has 75 heavy (non-hydrogen) atoms. The van der Waals surface area contributed by atoms with E-state index in [1.54, 1.807) is 0 Å². The van der Waals surface area contributed by atoms with Crippen LogP contribution in [0, 0.1) is 0 Å². The van der Waals surface area contributed by atoms with Gasteiger partial charge in [-0.25, -0.2) is 4.57 Å². The number of rotatable bonds is 57. The molecule has 9 nitrogen and oxygen atoms in total. The van der Waals surface area contributed by atoms with Crippen LogP contribution in [0.25, 0.3) is 0 Å². The van der Waals surface area contributed by atoms with Gasteiger partial charge in [0, 0.05) is 12.8 Å². The first-order valence-electron chi connectivity index (χ1n) is 31.2. The van der Waals surface area contributed by atoms with E-state index in [9.17, 15) is 19.0 Å². The van der Waals surface area contributed by atoms with Crippen molar-refractivity contribution < 1.29 is 42.1 Å². The van der Waals surface area contributed by atoms with Crippen molar-refractivity contribution >= 4 is 19.8 Å². The fourth-order valence-corrected chi connectivity index (χ4v) is 9.44. The maximum absolute atomic E-state index is 12.8. The third kappa shape index (κ3) is 60.5. The van der Waals surface area contributed by atoms with Gasteiger partial charge in [0.05, 0.1) is 27.7 Å². The summed E-state index contributed by atoms with van der Waals surface area (Å²) in [7, 11) is 1.48. The van der Waals surface area contributed by atoms with E-state index < -0.39 is 26.5 Å². The first-order chi connectivity index (χ1) is 36.5. The molecule has 0 aliphatic heterocycles. The lowest BCUT2D eigenvalue weighted by Crippen LogP contribution is -2.37. The zero-order valence-corrected chi connectivity index (χ0v) is 50.4. The Bertz CT molecular complexity index is 1500. The van der Waals surface area contributed by atoms with Gasteiger partial charge in [0.15, 0.2) is 6.10 Å². The molecule has 0 bridgehead atoms. The molecule has 0 saturated carbocycles. The molecule has 436 valence electrons. The lowest BCUT2D eigenvalue weighted by Gasteiger charge is -2.24. The fourth-order valence-electron chi connectivity index (χ4n) is 8.69. The number of unbranched alkanes of at least 4 members (excludes halogenated alkanes) is 31. The number of ether oxygens (including phenoxy) is 2. The molecule has 0 radical (unpaired) electrons. The van der Waals surface area contributed by atoms with Crippen LogP contribution < -0.4 is 0 Å². The zero-order valence-electron chi connectivity index (χ0n) is 49.5. The SMILES string of the molecule is CC/C=C\C/C=C\C/C=C\C/C=C\C/C=C\CCCCCCCCCCCCCCCCCCCCCCCCCCCC(=O)OC(COC(=O)CCCCCCC/C=C\CCC)COP(=O)(O)OCC[N+](C)(C)C. The number of likely N-dealkylation sites (N-methyl/N-ethyl adjacent to an activating group) is 1. The summed E-state index contributed by atoms with van der Waals surface area (Å²) >= 11 is 0. The monoisotopic (exact) mass is 1070 g/mol. The summed E-state index contributed by atoms with van der Waals surface area (Å²) in [6.07, 6.45) is 74.6. The molecule has 10 heteroatoms. The summed E-state index contributed by atoms with van der Waals surface area (Å²) in [5, 5.41) is 0. The quantitative estimate of drug-likeness (QED) is 0.0211. The highest BCUT2D eigenvalue weighted by molar-refractivity contribution is 7.47. The van der Waals surface area contributed by atoms with Crippen LogP contribution in [0.3, 0.4) is 0 Å². The second-order valence-corrected chi connectivity index (χ2v) is 23.5. The predicted octanol–water partition coefficient (Wildman–Crippen LogP) is 19.7. The average Bonchev–Trinajstić information content (AvgIpc) is 3.37. The Balaban J connectivity index is 3.82. The predicted molar refractivity (Wildman–Crippen MR) is 321 cm³/mol. The van der Waals surface area contributed by atoms with E-state index in [0.29, 0.717) is 17.4 Å². The van der Waals surface area contributed by atoms with Crippen molar-refractivity contribution in [3.8, 4) is 0 Å². The summed E-state index contributed by atoms with van der Waals surface area (Å²) in [5.74, 6) is -0.802. The Kier molecular flexibility index (Phi) is 54.3. The van der Waals surface area contributed by atoms with Crippen molar-refractivity contribution in [2.75, 3.05) is 47.5 Å². The van der Waals surface area contributed by atoms with E-state index in [4.69, 9.17) is 18.5 Å². The lowest BCUT2D eigenvalue weighted by atomic mass is 10.0. The summed E-state index contributed by atoms with van der Waals surface area (Å²) in [5.41, 5.74) is 0. The number of esters is 2. The first-order valence-corrected chi connectivity index (χ1v) is 32.7. The topological polar surface area (TPSA) is 108 Å². The fraction of sp³-hybridized carbons (Fsp3) is 0.785. The largest absolute Gasteiger partial charge is 0.472 e. The van der Waals surface area contributed by atoms with Crippen LogP contribution in [-0.2, 0) is 32.7 Å². The molecule has 0 fully saturated rings. The number of quaternary nitrogens is 1. The summed E-state index contributed by atoms with van der Waals surface area (Å²) in [6.45, 7) is 4.26. The van der Waals surface area contributed by atoms with E-state index in [2.05, 4.69) is 86.8 Å². The van der Waals surface area contributed by atoms with Crippen molar-refractivity contribution in [3.05, 3.63) is 72.9 Å². The number of allylic oxidation sites excluding steroid dienone is 12. The van der Waals surface area contributed by atoms with Crippen LogP contribution in [0.5, 0.6) is 0 Å². The van der Waals surface area contributed by atoms with E-state index in [0.717, 1.165) is 89.9 Å². The second-order valence-electron chi connectivity index (χ2n) is 22.1. The molecule has 0 heterocycles. The highest BCUT2D eigenvalue weighted by Crippen LogP contribution is 2.43. The number of nitrogens with zero attached hydrogens (tertiary/aromatic N) is 1. The second kappa shape index (κ2) is 56.2. The van der Waals surface area contributed by atoms with Crippen molar-refractivity contribution in [2.24, 2.45) is 0 Å². The van der Waals surface area contributed by atoms with E-state index >= 15 is 0 Å². The van der Waals surface area contributed by atoms with E-state index in [-0.39, 0.29) is 32.0 Å². The minimum Gasteiger partial charge on any atom is -0.462 e. The zero-order chi connectivity index (χ0) is 54.9. The Labute approximate surface area is 463 Å². The highest BCUT2D eigenvalue weighted by atomic mass is 31.2. The van der Waals surface area contributed by atoms with Gasteiger partial charge < -0.3 is 18.9 Å². The molecule has 0 aromatic carbocycles. The summed E-state index contributed by atoms with van der Waals surface area (Å²) in [6, 6.07) is 0. The third-order valence-electron chi connectivity index (χ3n) is 13.5. The van der Waals surface area contributed by atoms with Gasteiger partial charge in [-0.05, 0) is 77.0 Å². The van der Waals surface area contributed by atoms with Crippen molar-refractivity contribution in [3.63, 3.8) is 0 Å². The van der Waals surface area contributed by atoms with Crippen molar-refractivity contribution in [2.45, 2.75) is 283 Å². The third-order valence-corrected chi connectivity index (χ3v) is 14.4. The number of carbonyl (C=O) groups excluding carboxylic acids is 2. The summed E-state index contributed by atoms with van der Waals surface area (Å²) < 4.78 is 34.4. The molecule has 0 rings (SSSR count). The van der Waals surface area contributed by atoms with Gasteiger partial charge in [-0.3, -0.25) is 18.6 Å². The van der Waals surface area contributed by atoms with Crippen molar-refractivity contribution in [1.82, 2.24) is 0 Å². The molecule has 2 unspecified atom stereocenters. The number of phosphoric ester groups is 1. The smallest absolute Gasteiger partial charge is 0.462 e. The molecule has 0 saturated heterocycles. The Morgan fingerprint density at radius 3 is 1.15 bits per heavy atom. The van der Waals surface area contributed by atoms with Gasteiger partial charge in [0.1, 0.15) is 19.8 Å². The van der Waals surface area contributed by atoms with Crippen LogP contribution in [-0.4, -0.2) is 74.9 Å². The minimum atomic E-state index is -4.38. The lowest BCUT2D eigenvalue weighted by molar-refractivity contribution is -0.870. The normalized spacial score (nSPS) is 13.7. The molecular formula is C65H119NO8P+. The van der Waals surface area contributed by atoms with Gasteiger partial charge in [-0.2, -0.15) is 0 Å². The Morgan fingerprint density at radius 1 is 0.427 bits per heavy atom. The highest BCUT2D eigenvalue weighted by Gasteiger charge is 2.27. The molecule has 0 spiro atoms. The molecule has 2 atom stereocenters. The molecule has 0 aliphatic rings. The first kappa shape index (κ1) is 72.5. The number of hydrogen-bond acceptors (Lipinski definition) is 7. The molecule has 1 N–H and O–H groups in total. The minimum absolute atomic E-state index is 0.0310. The van der Waals surface area contributed by atoms with E-state index in [1.165, 1.54) is 154 Å². The van der Waals surface area contributed by atoms with Crippen LogP contribution in [0.4, 0.5) is 0 Å². The van der Waals surface area contributed by atoms with Crippen LogP contribution in [0.15, 0.2) is 72.9 Å². The molecule has 0 aromatic heterocycles. The number of phosphoric acid groups is 1. The summed E-state index contributed by atoms with van der Waals surface area (Å²) in [4.78, 5) is 35.5. The number of hydrogen-bond donors (Lipinski definition) is 1. The standard InChI is InChI=1S/C65H118NO8P/c1-6-8-10-12-14-16-18-19-20-21-22-23-24-25-26-27-28-29-30-31-32-33-34-35-36-37-38-39-40-41-42-43-44-45-46-47-48-50-52-54-56-58-65(68)74-63(62-73-75(69,70)72-60-59-66(3,4)5)61-71-64(67)57-55-53-51-49-17-15-13-11-9-7-2/h8,10-11,13-14,16,19-20,22-23,25-26,63H,6-7,9,12,15,17-18,21,24,27-62H2,1-5H3/p+1/b10-8-,13-11-,16-14-,20-19-,23-22-,26-25-. The molecule has 0 amide bonds. The molecule has 0 aromatic rings. The Hall–Kier alpha value is -2.55. The molecule has 0 aliphatic carbocycles. The van der Waals surface area contributed by atoms with Gasteiger partial charge >= 0.3 is 19.8 Å². The van der Waals surface area contributed by atoms with Gasteiger partial charge in [-0.1, -0.05) is 260 Å². The van der Waals surface area contributed by atoms with Crippen LogP contribution in [0.1, 0.15) is 277 Å². The van der Waals surface area contributed by atoms with Gasteiger partial charge in [-0.15, -0.1) is 0 Å².